The van der Waals surface area contributed by atoms with Crippen LogP contribution in [0.4, 0.5) is 0 Å². The van der Waals surface area contributed by atoms with E-state index in [2.05, 4.69) is 47.6 Å². The topological polar surface area (TPSA) is 24.9 Å². The van der Waals surface area contributed by atoms with Gasteiger partial charge in [0.25, 0.3) is 0 Å². The fraction of sp³-hybridized carbons (Fsp3) is 0.353. The van der Waals surface area contributed by atoms with Crippen molar-refractivity contribution in [2.24, 2.45) is 0 Å². The number of hydrogen-bond acceptors (Lipinski definition) is 3. The van der Waals surface area contributed by atoms with E-state index < -0.39 is 0 Å². The molecule has 0 saturated carbocycles. The van der Waals surface area contributed by atoms with Crippen LogP contribution in [0.15, 0.2) is 47.5 Å². The van der Waals surface area contributed by atoms with Crippen molar-refractivity contribution >= 4 is 11.8 Å². The Hall–Kier alpha value is -1.32. The van der Waals surface area contributed by atoms with Crippen LogP contribution in [0.25, 0.3) is 0 Å². The molecular weight excluding hydrogens is 264 g/mol. The van der Waals surface area contributed by atoms with Gasteiger partial charge in [-0.15, -0.1) is 11.8 Å². The van der Waals surface area contributed by atoms with Gasteiger partial charge in [0.2, 0.25) is 0 Å². The zero-order chi connectivity index (χ0) is 13.8. The maximum Gasteiger partial charge on any atom is 0.0573 e. The minimum Gasteiger partial charge on any atom is -0.304 e. The first-order chi connectivity index (χ1) is 9.88. The summed E-state index contributed by atoms with van der Waals surface area (Å²) >= 11 is 1.97. The van der Waals surface area contributed by atoms with Gasteiger partial charge >= 0.3 is 0 Å². The van der Waals surface area contributed by atoms with E-state index in [0.717, 1.165) is 13.0 Å². The third kappa shape index (κ3) is 2.89. The van der Waals surface area contributed by atoms with Gasteiger partial charge in [-0.25, -0.2) is 0 Å². The van der Waals surface area contributed by atoms with E-state index in [4.69, 9.17) is 0 Å². The molecule has 0 aliphatic carbocycles. The van der Waals surface area contributed by atoms with Crippen LogP contribution in [0.2, 0.25) is 0 Å². The summed E-state index contributed by atoms with van der Waals surface area (Å²) in [5.41, 5.74) is 3.97. The summed E-state index contributed by atoms with van der Waals surface area (Å²) in [5, 5.41) is 3.69. The molecule has 2 aromatic rings. The molecule has 20 heavy (non-hydrogen) atoms. The number of fused-ring (bicyclic) bond motifs is 1. The van der Waals surface area contributed by atoms with E-state index >= 15 is 0 Å². The molecule has 3 rings (SSSR count). The minimum absolute atomic E-state index is 0.458. The molecule has 1 aromatic carbocycles. The van der Waals surface area contributed by atoms with Crippen LogP contribution in [0.5, 0.6) is 0 Å². The first-order valence-electron chi connectivity index (χ1n) is 7.26. The van der Waals surface area contributed by atoms with Gasteiger partial charge in [-0.1, -0.05) is 31.2 Å². The zero-order valence-electron chi connectivity index (χ0n) is 11.8. The molecule has 1 N–H and O–H groups in total. The Kier molecular flexibility index (Phi) is 4.38. The molecule has 0 bridgehead atoms. The molecule has 1 atom stereocenters. The van der Waals surface area contributed by atoms with E-state index in [-0.39, 0.29) is 0 Å². The van der Waals surface area contributed by atoms with Gasteiger partial charge in [0.05, 0.1) is 5.69 Å². The van der Waals surface area contributed by atoms with Crippen LogP contribution < -0.4 is 5.32 Å². The predicted molar refractivity (Wildman–Crippen MR) is 85.0 cm³/mol. The molecule has 0 fully saturated rings. The van der Waals surface area contributed by atoms with Crippen molar-refractivity contribution in [3.8, 4) is 0 Å². The standard InChI is InChI=1S/C17H20N2S/c1-2-13-6-5-10-18-16(13)12-19-15-9-11-20-17-8-4-3-7-14(15)17/h3-8,10,15,19H,2,9,11-12H2,1H3. The van der Waals surface area contributed by atoms with Crippen LogP contribution in [-0.2, 0) is 13.0 Å². The van der Waals surface area contributed by atoms with Crippen LogP contribution in [-0.4, -0.2) is 10.7 Å². The number of nitrogens with zero attached hydrogens (tertiary/aromatic N) is 1. The van der Waals surface area contributed by atoms with Gasteiger partial charge in [-0.05, 0) is 41.9 Å². The molecule has 2 nitrogen and oxygen atoms in total. The average molecular weight is 284 g/mol. The Balaban J connectivity index is 1.73. The summed E-state index contributed by atoms with van der Waals surface area (Å²) in [6.45, 7) is 3.04. The van der Waals surface area contributed by atoms with Gasteiger partial charge in [0, 0.05) is 23.7 Å². The Labute approximate surface area is 125 Å². The number of aromatic nitrogens is 1. The summed E-state index contributed by atoms with van der Waals surface area (Å²) in [7, 11) is 0. The summed E-state index contributed by atoms with van der Waals surface area (Å²) in [4.78, 5) is 5.95. The molecule has 0 saturated heterocycles. The molecule has 0 radical (unpaired) electrons. The largest absolute Gasteiger partial charge is 0.304 e. The van der Waals surface area contributed by atoms with Crippen molar-refractivity contribution in [3.05, 3.63) is 59.4 Å². The van der Waals surface area contributed by atoms with Gasteiger partial charge in [-0.2, -0.15) is 0 Å². The summed E-state index contributed by atoms with van der Waals surface area (Å²) < 4.78 is 0. The number of hydrogen-bond donors (Lipinski definition) is 1. The van der Waals surface area contributed by atoms with Crippen LogP contribution >= 0.6 is 11.8 Å². The lowest BCUT2D eigenvalue weighted by molar-refractivity contribution is 0.504. The highest BCUT2D eigenvalue weighted by molar-refractivity contribution is 7.99. The highest BCUT2D eigenvalue weighted by Crippen LogP contribution is 2.35. The lowest BCUT2D eigenvalue weighted by Gasteiger charge is -2.26. The first-order valence-corrected chi connectivity index (χ1v) is 8.25. The number of nitrogens with one attached hydrogen (secondary N) is 1. The molecule has 0 spiro atoms. The molecule has 2 heterocycles. The second kappa shape index (κ2) is 6.42. The summed E-state index contributed by atoms with van der Waals surface area (Å²) in [6.07, 6.45) is 4.12. The van der Waals surface area contributed by atoms with Crippen molar-refractivity contribution in [3.63, 3.8) is 0 Å². The Morgan fingerprint density at radius 2 is 2.15 bits per heavy atom. The SMILES string of the molecule is CCc1cccnc1CNC1CCSc2ccccc21. The predicted octanol–water partition coefficient (Wildman–Crippen LogP) is 3.97. The molecule has 0 amide bonds. The van der Waals surface area contributed by atoms with Gasteiger partial charge in [0.15, 0.2) is 0 Å². The monoisotopic (exact) mass is 284 g/mol. The second-order valence-corrected chi connectivity index (χ2v) is 6.21. The highest BCUT2D eigenvalue weighted by Gasteiger charge is 2.19. The number of thioether (sulfide) groups is 1. The van der Waals surface area contributed by atoms with Gasteiger partial charge in [0.1, 0.15) is 0 Å². The Morgan fingerprint density at radius 1 is 1.25 bits per heavy atom. The van der Waals surface area contributed by atoms with E-state index in [0.29, 0.717) is 6.04 Å². The smallest absolute Gasteiger partial charge is 0.0573 e. The lowest BCUT2D eigenvalue weighted by atomic mass is 10.0. The Bertz CT molecular complexity index is 583. The quantitative estimate of drug-likeness (QED) is 0.919. The lowest BCUT2D eigenvalue weighted by Crippen LogP contribution is -2.25. The van der Waals surface area contributed by atoms with E-state index in [1.807, 2.05) is 24.0 Å². The molecule has 104 valence electrons. The number of pyridine rings is 1. The molecule has 1 aliphatic rings. The highest BCUT2D eigenvalue weighted by atomic mass is 32.2. The fourth-order valence-corrected chi connectivity index (χ4v) is 3.85. The first kappa shape index (κ1) is 13.7. The zero-order valence-corrected chi connectivity index (χ0v) is 12.6. The molecule has 1 aliphatic heterocycles. The average Bonchev–Trinajstić information content (AvgIpc) is 2.53. The van der Waals surface area contributed by atoms with E-state index in [9.17, 15) is 0 Å². The van der Waals surface area contributed by atoms with Crippen LogP contribution in [0, 0.1) is 0 Å². The third-order valence-electron chi connectivity index (χ3n) is 3.84. The molecular formula is C17H20N2S. The Morgan fingerprint density at radius 3 is 3.05 bits per heavy atom. The minimum atomic E-state index is 0.458. The normalized spacial score (nSPS) is 17.8. The molecule has 3 heteroatoms. The van der Waals surface area contributed by atoms with E-state index in [1.165, 1.54) is 33.9 Å². The van der Waals surface area contributed by atoms with Crippen molar-refractivity contribution in [1.29, 1.82) is 0 Å². The van der Waals surface area contributed by atoms with Gasteiger partial charge in [-0.3, -0.25) is 4.98 Å². The number of aryl methyl sites for hydroxylation is 1. The van der Waals surface area contributed by atoms with Crippen LogP contribution in [0.1, 0.15) is 36.2 Å². The maximum atomic E-state index is 4.52. The molecule has 1 unspecified atom stereocenters. The summed E-state index contributed by atoms with van der Waals surface area (Å²) in [6, 6.07) is 13.4. The number of rotatable bonds is 4. The fourth-order valence-electron chi connectivity index (χ4n) is 2.73. The second-order valence-electron chi connectivity index (χ2n) is 5.07. The summed E-state index contributed by atoms with van der Waals surface area (Å²) in [5.74, 6) is 1.19. The maximum absolute atomic E-state index is 4.52. The van der Waals surface area contributed by atoms with Crippen molar-refractivity contribution in [1.82, 2.24) is 10.3 Å². The molecule has 1 aromatic heterocycles. The van der Waals surface area contributed by atoms with Crippen molar-refractivity contribution in [2.45, 2.75) is 37.2 Å². The van der Waals surface area contributed by atoms with Gasteiger partial charge < -0.3 is 5.32 Å². The van der Waals surface area contributed by atoms with Crippen molar-refractivity contribution < 1.29 is 0 Å². The van der Waals surface area contributed by atoms with Crippen molar-refractivity contribution in [2.75, 3.05) is 5.75 Å². The van der Waals surface area contributed by atoms with E-state index in [1.54, 1.807) is 0 Å². The van der Waals surface area contributed by atoms with Crippen LogP contribution in [0.3, 0.4) is 0 Å². The number of benzene rings is 1. The third-order valence-corrected chi connectivity index (χ3v) is 4.96.